The van der Waals surface area contributed by atoms with Gasteiger partial charge in [-0.3, -0.25) is 4.55 Å². The molecule has 8 nitrogen and oxygen atoms in total. The minimum Gasteiger partial charge on any atom is -0.364 e. The molecule has 0 spiro atoms. The summed E-state index contributed by atoms with van der Waals surface area (Å²) in [7, 11) is -3.67. The number of nitrogens with one attached hydrogen (secondary N) is 2. The largest absolute Gasteiger partial charge is 0.364 e. The molecule has 0 aliphatic heterocycles. The molecule has 0 aliphatic rings. The molecule has 2 aromatic heterocycles. The van der Waals surface area contributed by atoms with Crippen LogP contribution in [-0.2, 0) is 16.7 Å². The van der Waals surface area contributed by atoms with Gasteiger partial charge in [-0.2, -0.15) is 8.42 Å². The summed E-state index contributed by atoms with van der Waals surface area (Å²) in [5, 5.41) is 3.96. The molecular weight excluding hydrogens is 342 g/mol. The summed E-state index contributed by atoms with van der Waals surface area (Å²) < 4.78 is 25.9. The van der Waals surface area contributed by atoms with E-state index in [0.717, 1.165) is 21.9 Å². The maximum Gasteiger partial charge on any atom is 0.261 e. The molecule has 0 fully saturated rings. The number of hydrogen-bond acceptors (Lipinski definition) is 6. The van der Waals surface area contributed by atoms with Gasteiger partial charge in [0.05, 0.1) is 12.6 Å². The molecule has 0 atom stereocenters. The Bertz CT molecular complexity index is 889. The zero-order valence-corrected chi connectivity index (χ0v) is 13.6. The lowest BCUT2D eigenvalue weighted by molar-refractivity contribution is 0.490. The van der Waals surface area contributed by atoms with Crippen molar-refractivity contribution in [3.63, 3.8) is 0 Å². The lowest BCUT2D eigenvalue weighted by atomic mass is 10.2. The molecule has 122 valence electrons. The Morgan fingerprint density at radius 3 is 2.74 bits per heavy atom. The van der Waals surface area contributed by atoms with Crippen LogP contribution in [0.25, 0.3) is 11.2 Å². The van der Waals surface area contributed by atoms with Gasteiger partial charge in [0, 0.05) is 11.6 Å². The number of imidazole rings is 1. The van der Waals surface area contributed by atoms with Gasteiger partial charge in [-0.15, -0.1) is 0 Å². The molecule has 2 heterocycles. The van der Waals surface area contributed by atoms with Crippen LogP contribution < -0.4 is 5.32 Å². The average molecular weight is 356 g/mol. The second kappa shape index (κ2) is 7.36. The Hall–Kier alpha value is -2.23. The molecule has 10 heteroatoms. The number of hydrogen-bond donors (Lipinski definition) is 3. The van der Waals surface area contributed by atoms with Crippen LogP contribution in [-0.4, -0.2) is 39.2 Å². The molecule has 23 heavy (non-hydrogen) atoms. The number of nitrogens with zero attached hydrogens (tertiary/aromatic N) is 3. The van der Waals surface area contributed by atoms with E-state index in [-0.39, 0.29) is 0 Å². The number of aromatic amines is 1. The maximum atomic E-state index is 9.19. The Kier molecular flexibility index (Phi) is 5.48. The van der Waals surface area contributed by atoms with Gasteiger partial charge in [-0.1, -0.05) is 23.7 Å². The summed E-state index contributed by atoms with van der Waals surface area (Å²) in [6.07, 6.45) is 3.81. The predicted molar refractivity (Wildman–Crippen MR) is 87.9 cm³/mol. The van der Waals surface area contributed by atoms with E-state index in [1.807, 2.05) is 24.3 Å². The van der Waals surface area contributed by atoms with Gasteiger partial charge >= 0.3 is 0 Å². The van der Waals surface area contributed by atoms with Gasteiger partial charge < -0.3 is 10.3 Å². The fraction of sp³-hybridized carbons (Fsp3) is 0.154. The van der Waals surface area contributed by atoms with Crippen LogP contribution in [0.4, 0.5) is 5.82 Å². The lowest BCUT2D eigenvalue weighted by Crippen LogP contribution is -2.02. The Balaban J connectivity index is 0.000000338. The highest BCUT2D eigenvalue weighted by molar-refractivity contribution is 7.85. The molecule has 3 rings (SSSR count). The number of anilines is 1. The lowest BCUT2D eigenvalue weighted by Gasteiger charge is -2.06. The fourth-order valence-corrected chi connectivity index (χ4v) is 1.94. The third-order valence-corrected chi connectivity index (χ3v) is 2.81. The number of fused-ring (bicyclic) bond motifs is 1. The van der Waals surface area contributed by atoms with Gasteiger partial charge in [0.1, 0.15) is 11.8 Å². The Morgan fingerprint density at radius 2 is 2.04 bits per heavy atom. The van der Waals surface area contributed by atoms with E-state index < -0.39 is 10.1 Å². The van der Waals surface area contributed by atoms with E-state index in [2.05, 4.69) is 25.3 Å². The molecule has 1 aromatic carbocycles. The molecule has 0 radical (unpaired) electrons. The van der Waals surface area contributed by atoms with Crippen LogP contribution in [0.15, 0.2) is 36.9 Å². The number of aromatic nitrogens is 4. The topological polar surface area (TPSA) is 121 Å². The quantitative estimate of drug-likeness (QED) is 0.615. The fourth-order valence-electron chi connectivity index (χ4n) is 1.73. The molecule has 0 unspecified atom stereocenters. The van der Waals surface area contributed by atoms with Gasteiger partial charge in [0.15, 0.2) is 11.5 Å². The monoisotopic (exact) mass is 355 g/mol. The van der Waals surface area contributed by atoms with Crippen LogP contribution in [0, 0.1) is 0 Å². The zero-order chi connectivity index (χ0) is 16.9. The molecule has 3 aromatic rings. The highest BCUT2D eigenvalue weighted by Gasteiger charge is 2.04. The molecule has 0 aliphatic carbocycles. The summed E-state index contributed by atoms with van der Waals surface area (Å²) in [4.78, 5) is 15.3. The third kappa shape index (κ3) is 5.81. The highest BCUT2D eigenvalue weighted by atomic mass is 35.5. The van der Waals surface area contributed by atoms with E-state index in [9.17, 15) is 8.42 Å². The van der Waals surface area contributed by atoms with E-state index in [1.54, 1.807) is 6.33 Å². The summed E-state index contributed by atoms with van der Waals surface area (Å²) >= 11 is 5.93. The first-order valence-corrected chi connectivity index (χ1v) is 8.60. The second-order valence-electron chi connectivity index (χ2n) is 4.54. The van der Waals surface area contributed by atoms with Gasteiger partial charge in [0.2, 0.25) is 0 Å². The summed E-state index contributed by atoms with van der Waals surface area (Å²) in [5.74, 6) is 0.734. The Morgan fingerprint density at radius 1 is 1.30 bits per heavy atom. The first-order valence-electron chi connectivity index (χ1n) is 6.38. The minimum atomic E-state index is -3.67. The predicted octanol–water partition coefficient (Wildman–Crippen LogP) is 2.12. The number of benzene rings is 1. The minimum absolute atomic E-state index is 0.645. The third-order valence-electron chi connectivity index (χ3n) is 2.57. The molecule has 0 saturated carbocycles. The van der Waals surface area contributed by atoms with Crippen molar-refractivity contribution in [3.8, 4) is 0 Å². The van der Waals surface area contributed by atoms with Gasteiger partial charge in [-0.05, 0) is 17.7 Å². The van der Waals surface area contributed by atoms with Crippen LogP contribution >= 0.6 is 11.6 Å². The Labute approximate surface area is 137 Å². The first kappa shape index (κ1) is 17.1. The zero-order valence-electron chi connectivity index (χ0n) is 12.1. The number of rotatable bonds is 3. The highest BCUT2D eigenvalue weighted by Crippen LogP contribution is 2.16. The van der Waals surface area contributed by atoms with Crippen LogP contribution in [0.3, 0.4) is 0 Å². The van der Waals surface area contributed by atoms with Crippen LogP contribution in [0.1, 0.15) is 5.56 Å². The second-order valence-corrected chi connectivity index (χ2v) is 6.44. The van der Waals surface area contributed by atoms with E-state index >= 15 is 0 Å². The van der Waals surface area contributed by atoms with E-state index in [0.29, 0.717) is 18.4 Å². The van der Waals surface area contributed by atoms with Crippen molar-refractivity contribution in [2.24, 2.45) is 0 Å². The van der Waals surface area contributed by atoms with Crippen molar-refractivity contribution in [1.82, 2.24) is 19.9 Å². The summed E-state index contributed by atoms with van der Waals surface area (Å²) in [6, 6.07) is 7.69. The van der Waals surface area contributed by atoms with Crippen molar-refractivity contribution < 1.29 is 13.0 Å². The van der Waals surface area contributed by atoms with Crippen molar-refractivity contribution in [1.29, 1.82) is 0 Å². The summed E-state index contributed by atoms with van der Waals surface area (Å²) in [6.45, 7) is 0.645. The SMILES string of the molecule is CS(=O)(=O)O.Clc1cccc(CNc2ncnc3nc[nH]c23)c1. The summed E-state index contributed by atoms with van der Waals surface area (Å²) in [5.41, 5.74) is 2.55. The van der Waals surface area contributed by atoms with Crippen molar-refractivity contribution in [2.45, 2.75) is 6.54 Å². The van der Waals surface area contributed by atoms with Gasteiger partial charge in [0.25, 0.3) is 10.1 Å². The molecule has 3 N–H and O–H groups in total. The van der Waals surface area contributed by atoms with E-state index in [1.165, 1.54) is 6.33 Å². The van der Waals surface area contributed by atoms with Crippen LogP contribution in [0.5, 0.6) is 0 Å². The van der Waals surface area contributed by atoms with Crippen LogP contribution in [0.2, 0.25) is 5.02 Å². The molecule has 0 saturated heterocycles. The number of H-pyrrole nitrogens is 1. The van der Waals surface area contributed by atoms with Crippen molar-refractivity contribution in [3.05, 3.63) is 47.5 Å². The number of halogens is 1. The first-order chi connectivity index (χ1) is 10.8. The smallest absolute Gasteiger partial charge is 0.261 e. The van der Waals surface area contributed by atoms with E-state index in [4.69, 9.17) is 16.2 Å². The van der Waals surface area contributed by atoms with Gasteiger partial charge in [-0.25, -0.2) is 15.0 Å². The van der Waals surface area contributed by atoms with Crippen molar-refractivity contribution in [2.75, 3.05) is 11.6 Å². The van der Waals surface area contributed by atoms with Crippen molar-refractivity contribution >= 4 is 38.7 Å². The normalized spacial score (nSPS) is 10.9. The molecule has 0 amide bonds. The standard InChI is InChI=1S/C12H10ClN5.CH4O3S/c13-9-3-1-2-8(4-9)5-14-11-10-12(16-6-15-10)18-7-17-11;1-5(2,3)4/h1-4,6-7H,5H2,(H2,14,15,16,17,18);1H3,(H,2,3,4). The average Bonchev–Trinajstić information content (AvgIpc) is 2.92. The molecular formula is C13H14ClN5O3S. The molecule has 0 bridgehead atoms. The maximum absolute atomic E-state index is 9.19.